The van der Waals surface area contributed by atoms with Crippen LogP contribution in [0.5, 0.6) is 0 Å². The molecule has 0 amide bonds. The third kappa shape index (κ3) is 6.32. The van der Waals surface area contributed by atoms with Crippen molar-refractivity contribution in [3.8, 4) is 11.5 Å². The number of carbonyl (C=O) groups excluding carboxylic acids is 1. The number of hydrogen-bond acceptors (Lipinski definition) is 9. The summed E-state index contributed by atoms with van der Waals surface area (Å²) in [5, 5.41) is 18.1. The lowest BCUT2D eigenvalue weighted by atomic mass is 10.1. The van der Waals surface area contributed by atoms with Gasteiger partial charge in [0, 0.05) is 11.8 Å². The van der Waals surface area contributed by atoms with E-state index in [-0.39, 0.29) is 40.2 Å². The molecule has 0 aliphatic heterocycles. The normalized spacial score (nSPS) is 12.3. The topological polar surface area (TPSA) is 135 Å². The van der Waals surface area contributed by atoms with Crippen LogP contribution in [-0.4, -0.2) is 43.2 Å². The lowest BCUT2D eigenvalue weighted by Gasteiger charge is -2.15. The minimum absolute atomic E-state index is 0.00756. The zero-order chi connectivity index (χ0) is 25.8. The van der Waals surface area contributed by atoms with E-state index in [2.05, 4.69) is 15.5 Å². The molecule has 0 fully saturated rings. The first-order chi connectivity index (χ1) is 16.4. The summed E-state index contributed by atoms with van der Waals surface area (Å²) in [6.45, 7) is 1.51. The zero-order valence-electron chi connectivity index (χ0n) is 18.4. The monoisotopic (exact) mass is 508 g/mol. The van der Waals surface area contributed by atoms with Gasteiger partial charge in [-0.25, -0.2) is 13.2 Å². The lowest BCUT2D eigenvalue weighted by molar-refractivity contribution is -0.137. The summed E-state index contributed by atoms with van der Waals surface area (Å²) in [6, 6.07) is 10.2. The molecule has 0 saturated heterocycles. The van der Waals surface area contributed by atoms with Gasteiger partial charge in [-0.2, -0.15) is 13.2 Å². The van der Waals surface area contributed by atoms with Crippen molar-refractivity contribution in [3.63, 3.8) is 0 Å². The van der Waals surface area contributed by atoms with E-state index in [1.54, 1.807) is 0 Å². The Morgan fingerprint density at radius 2 is 1.89 bits per heavy atom. The van der Waals surface area contributed by atoms with Crippen LogP contribution < -0.4 is 5.32 Å². The highest BCUT2D eigenvalue weighted by Crippen LogP contribution is 2.36. The van der Waals surface area contributed by atoms with Crippen molar-refractivity contribution in [2.75, 3.05) is 18.2 Å². The van der Waals surface area contributed by atoms with Crippen LogP contribution in [0.2, 0.25) is 0 Å². The van der Waals surface area contributed by atoms with Gasteiger partial charge in [0.15, 0.2) is 9.84 Å². The van der Waals surface area contributed by atoms with Crippen LogP contribution >= 0.6 is 0 Å². The number of ether oxygens (including phenoxy) is 1. The average molecular weight is 508 g/mol. The number of hydrogen-bond donors (Lipinski definition) is 2. The highest BCUT2D eigenvalue weighted by molar-refractivity contribution is 7.90. The molecule has 1 aromatic heterocycles. The van der Waals surface area contributed by atoms with Crippen molar-refractivity contribution in [3.05, 3.63) is 66.1 Å². The molecule has 0 saturated carbocycles. The third-order valence-electron chi connectivity index (χ3n) is 4.45. The highest BCUT2D eigenvalue weighted by Gasteiger charge is 2.33. The maximum Gasteiger partial charge on any atom is 0.418 e. The minimum atomic E-state index is -4.70. The number of alkyl halides is 3. The molecule has 2 aromatic carbocycles. The van der Waals surface area contributed by atoms with E-state index in [0.29, 0.717) is 0 Å². The summed E-state index contributed by atoms with van der Waals surface area (Å²) >= 11 is 0. The Morgan fingerprint density at radius 1 is 1.17 bits per heavy atom. The van der Waals surface area contributed by atoms with Crippen LogP contribution in [0.15, 0.2) is 63.9 Å². The molecule has 35 heavy (non-hydrogen) atoms. The average Bonchev–Trinajstić information content (AvgIpc) is 3.28. The lowest BCUT2D eigenvalue weighted by Crippen LogP contribution is -2.16. The minimum Gasteiger partial charge on any atom is -0.461 e. The third-order valence-corrected chi connectivity index (χ3v) is 5.56. The fourth-order valence-electron chi connectivity index (χ4n) is 2.86. The Bertz CT molecular complexity index is 1400. The Kier molecular flexibility index (Phi) is 7.39. The van der Waals surface area contributed by atoms with Crippen molar-refractivity contribution in [1.29, 1.82) is 5.41 Å². The van der Waals surface area contributed by atoms with E-state index in [1.807, 2.05) is 0 Å². The van der Waals surface area contributed by atoms with Gasteiger partial charge in [-0.3, -0.25) is 5.41 Å². The van der Waals surface area contributed by atoms with Gasteiger partial charge in [0.25, 0.3) is 5.89 Å². The van der Waals surface area contributed by atoms with Gasteiger partial charge in [0.1, 0.15) is 11.4 Å². The molecular formula is C22H19F3N4O5S. The van der Waals surface area contributed by atoms with Gasteiger partial charge >= 0.3 is 12.1 Å². The molecular weight excluding hydrogens is 489 g/mol. The molecule has 1 heterocycles. The van der Waals surface area contributed by atoms with Crippen LogP contribution in [0.1, 0.15) is 18.4 Å². The van der Waals surface area contributed by atoms with E-state index >= 15 is 0 Å². The van der Waals surface area contributed by atoms with Crippen LogP contribution in [0.25, 0.3) is 17.2 Å². The smallest absolute Gasteiger partial charge is 0.418 e. The Balaban J connectivity index is 2.06. The number of anilines is 1. The fraction of sp³-hybridized carbons (Fsp3) is 0.182. The summed E-state index contributed by atoms with van der Waals surface area (Å²) in [5.41, 5.74) is -2.12. The number of nitrogens with zero attached hydrogens (tertiary/aromatic N) is 2. The van der Waals surface area contributed by atoms with Crippen LogP contribution in [0.4, 0.5) is 18.9 Å². The number of esters is 1. The van der Waals surface area contributed by atoms with Crippen molar-refractivity contribution in [1.82, 2.24) is 10.2 Å². The predicted octanol–water partition coefficient (Wildman–Crippen LogP) is 4.19. The number of halogens is 3. The van der Waals surface area contributed by atoms with Gasteiger partial charge < -0.3 is 14.5 Å². The van der Waals surface area contributed by atoms with Gasteiger partial charge in [0.05, 0.1) is 22.8 Å². The van der Waals surface area contributed by atoms with Gasteiger partial charge in [-0.1, -0.05) is 18.2 Å². The fourth-order valence-corrected chi connectivity index (χ4v) is 3.52. The molecule has 0 aliphatic carbocycles. The highest BCUT2D eigenvalue weighted by atomic mass is 32.2. The molecule has 0 unspecified atom stereocenters. The molecule has 184 valence electrons. The number of nitrogens with one attached hydrogen (secondary N) is 2. The number of rotatable bonds is 8. The Morgan fingerprint density at radius 3 is 2.54 bits per heavy atom. The second kappa shape index (κ2) is 10.1. The number of aromatic nitrogens is 2. The molecule has 2 N–H and O–H groups in total. The summed E-state index contributed by atoms with van der Waals surface area (Å²) in [5.74, 6) is -1.50. The number of sulfone groups is 1. The summed E-state index contributed by atoms with van der Waals surface area (Å²) in [6.07, 6.45) is -2.78. The number of para-hydroxylation sites is 1. The second-order valence-corrected chi connectivity index (χ2v) is 9.09. The standard InChI is InChI=1S/C22H19F3N4O5S/c1-3-33-21(30)16(26)12-18(27-17-10-5-4-9-15(17)22(23,24)25)20-29-28-19(34-20)13-7-6-8-14(11-13)35(2,31)32/h4-12,26-27H,3H2,1-2H3/b18-12-,26-16?. The SMILES string of the molecule is CCOC(=O)C(=N)/C=C(\Nc1ccccc1C(F)(F)F)c1nnc(-c2cccc(S(C)(=O)=O)c2)o1. The van der Waals surface area contributed by atoms with Crippen molar-refractivity contribution in [2.45, 2.75) is 18.0 Å². The van der Waals surface area contributed by atoms with E-state index < -0.39 is 33.3 Å². The Hall–Kier alpha value is -4.00. The quantitative estimate of drug-likeness (QED) is 0.342. The summed E-state index contributed by atoms with van der Waals surface area (Å²) in [4.78, 5) is 11.9. The number of carbonyl (C=O) groups is 1. The molecule has 0 radical (unpaired) electrons. The molecule has 0 bridgehead atoms. The molecule has 3 aromatic rings. The molecule has 0 aliphatic rings. The van der Waals surface area contributed by atoms with E-state index in [4.69, 9.17) is 14.6 Å². The molecule has 0 atom stereocenters. The maximum atomic E-state index is 13.5. The van der Waals surface area contributed by atoms with E-state index in [1.165, 1.54) is 43.3 Å². The van der Waals surface area contributed by atoms with Crippen molar-refractivity contribution >= 4 is 32.9 Å². The van der Waals surface area contributed by atoms with Crippen LogP contribution in [-0.2, 0) is 25.5 Å². The van der Waals surface area contributed by atoms with Gasteiger partial charge in [-0.15, -0.1) is 10.2 Å². The number of benzene rings is 2. The van der Waals surface area contributed by atoms with Crippen molar-refractivity contribution < 1.29 is 35.5 Å². The van der Waals surface area contributed by atoms with Gasteiger partial charge in [0.2, 0.25) is 5.89 Å². The van der Waals surface area contributed by atoms with Crippen LogP contribution in [0.3, 0.4) is 0 Å². The molecule has 3 rings (SSSR count). The molecule has 9 nitrogen and oxygen atoms in total. The predicted molar refractivity (Wildman–Crippen MR) is 120 cm³/mol. The summed E-state index contributed by atoms with van der Waals surface area (Å²) in [7, 11) is -3.53. The van der Waals surface area contributed by atoms with Gasteiger partial charge in [-0.05, 0) is 43.3 Å². The Labute approximate surface area is 198 Å². The van der Waals surface area contributed by atoms with E-state index in [0.717, 1.165) is 24.5 Å². The largest absolute Gasteiger partial charge is 0.461 e. The van der Waals surface area contributed by atoms with Crippen LogP contribution in [0, 0.1) is 5.41 Å². The zero-order valence-corrected chi connectivity index (χ0v) is 19.2. The first-order valence-electron chi connectivity index (χ1n) is 9.95. The maximum absolute atomic E-state index is 13.5. The van der Waals surface area contributed by atoms with E-state index in [9.17, 15) is 26.4 Å². The summed E-state index contributed by atoms with van der Waals surface area (Å²) < 4.78 is 74.4. The first-order valence-corrected chi connectivity index (χ1v) is 11.8. The molecule has 13 heteroatoms. The second-order valence-electron chi connectivity index (χ2n) is 7.07. The first kappa shape index (κ1) is 25.6. The molecule has 0 spiro atoms. The van der Waals surface area contributed by atoms with Crippen molar-refractivity contribution in [2.24, 2.45) is 0 Å².